The predicted molar refractivity (Wildman–Crippen MR) is 56.0 cm³/mol. The van der Waals surface area contributed by atoms with Crippen LogP contribution in [0.1, 0.15) is 11.8 Å². The number of aliphatic hydroxyl groups is 2. The Bertz CT molecular complexity index is 412. The second-order valence-corrected chi connectivity index (χ2v) is 3.10. The van der Waals surface area contributed by atoms with Crippen LogP contribution in [-0.2, 0) is 9.53 Å². The van der Waals surface area contributed by atoms with Crippen molar-refractivity contribution in [1.29, 1.82) is 0 Å². The highest BCUT2D eigenvalue weighted by molar-refractivity contribution is 5.75. The summed E-state index contributed by atoms with van der Waals surface area (Å²) in [5, 5.41) is 19.1. The standard InChI is InChI=1S/C9H13N3O5/c1-16-8-7(10)11-3-4(12-8)5(13)6(14)9(15)17-2/h3,5-6,13-14H,1-2H3,(H2,10,11). The van der Waals surface area contributed by atoms with E-state index in [1.165, 1.54) is 7.11 Å². The molecule has 0 aliphatic carbocycles. The summed E-state index contributed by atoms with van der Waals surface area (Å²) < 4.78 is 9.08. The minimum atomic E-state index is -1.75. The third-order valence-electron chi connectivity index (χ3n) is 2.02. The fourth-order valence-electron chi connectivity index (χ4n) is 1.10. The van der Waals surface area contributed by atoms with E-state index in [-0.39, 0.29) is 17.4 Å². The van der Waals surface area contributed by atoms with Crippen molar-refractivity contribution < 1.29 is 24.5 Å². The highest BCUT2D eigenvalue weighted by Crippen LogP contribution is 2.20. The largest absolute Gasteiger partial charge is 0.478 e. The lowest BCUT2D eigenvalue weighted by molar-refractivity contribution is -0.157. The Balaban J connectivity index is 2.96. The second kappa shape index (κ2) is 5.41. The average Bonchev–Trinajstić information content (AvgIpc) is 2.36. The van der Waals surface area contributed by atoms with Gasteiger partial charge in [-0.3, -0.25) is 0 Å². The van der Waals surface area contributed by atoms with Crippen LogP contribution in [0.5, 0.6) is 5.88 Å². The number of anilines is 1. The molecule has 0 radical (unpaired) electrons. The van der Waals surface area contributed by atoms with Crippen molar-refractivity contribution in [2.24, 2.45) is 0 Å². The van der Waals surface area contributed by atoms with Gasteiger partial charge in [0.25, 0.3) is 5.88 Å². The molecule has 0 aliphatic heterocycles. The Labute approximate surface area is 97.0 Å². The van der Waals surface area contributed by atoms with Crippen molar-refractivity contribution in [3.05, 3.63) is 11.9 Å². The number of carbonyl (C=O) groups excluding carboxylic acids is 1. The molecule has 0 saturated carbocycles. The minimum Gasteiger partial charge on any atom is -0.478 e. The van der Waals surface area contributed by atoms with Crippen molar-refractivity contribution in [1.82, 2.24) is 9.97 Å². The lowest BCUT2D eigenvalue weighted by atomic mass is 10.1. The van der Waals surface area contributed by atoms with Crippen molar-refractivity contribution in [2.75, 3.05) is 20.0 Å². The molecular weight excluding hydrogens is 230 g/mol. The number of nitrogens with zero attached hydrogens (tertiary/aromatic N) is 2. The molecule has 0 aromatic carbocycles. The summed E-state index contributed by atoms with van der Waals surface area (Å²) >= 11 is 0. The normalized spacial score (nSPS) is 13.9. The fourth-order valence-corrected chi connectivity index (χ4v) is 1.10. The molecule has 1 aromatic heterocycles. The number of nitrogens with two attached hydrogens (primary N) is 1. The second-order valence-electron chi connectivity index (χ2n) is 3.10. The monoisotopic (exact) mass is 243 g/mol. The molecule has 2 atom stereocenters. The summed E-state index contributed by atoms with van der Waals surface area (Å²) in [5.41, 5.74) is 5.38. The van der Waals surface area contributed by atoms with E-state index < -0.39 is 18.2 Å². The summed E-state index contributed by atoms with van der Waals surface area (Å²) in [5.74, 6) is -0.940. The first-order valence-corrected chi connectivity index (χ1v) is 4.61. The van der Waals surface area contributed by atoms with Gasteiger partial charge in [0.05, 0.1) is 26.1 Å². The Kier molecular flexibility index (Phi) is 4.18. The molecule has 8 nitrogen and oxygen atoms in total. The Morgan fingerprint density at radius 1 is 1.47 bits per heavy atom. The number of hydrogen-bond acceptors (Lipinski definition) is 8. The van der Waals surface area contributed by atoms with Gasteiger partial charge in [-0.15, -0.1) is 0 Å². The molecule has 94 valence electrons. The molecule has 0 aliphatic rings. The number of hydrogen-bond donors (Lipinski definition) is 3. The quantitative estimate of drug-likeness (QED) is 0.553. The zero-order valence-electron chi connectivity index (χ0n) is 9.32. The Morgan fingerprint density at radius 2 is 2.12 bits per heavy atom. The predicted octanol–water partition coefficient (Wildman–Crippen LogP) is -1.37. The summed E-state index contributed by atoms with van der Waals surface area (Å²) in [6, 6.07) is 0. The number of carbonyl (C=O) groups is 1. The molecule has 1 rings (SSSR count). The smallest absolute Gasteiger partial charge is 0.337 e. The maximum Gasteiger partial charge on any atom is 0.337 e. The van der Waals surface area contributed by atoms with Crippen LogP contribution in [0, 0.1) is 0 Å². The van der Waals surface area contributed by atoms with Crippen LogP contribution < -0.4 is 10.5 Å². The van der Waals surface area contributed by atoms with Gasteiger partial charge in [-0.05, 0) is 0 Å². The van der Waals surface area contributed by atoms with E-state index in [1.807, 2.05) is 0 Å². The zero-order valence-corrected chi connectivity index (χ0v) is 9.32. The molecule has 4 N–H and O–H groups in total. The molecule has 0 amide bonds. The number of rotatable bonds is 4. The molecule has 1 aromatic rings. The van der Waals surface area contributed by atoms with Gasteiger partial charge in [-0.2, -0.15) is 0 Å². The van der Waals surface area contributed by atoms with Gasteiger partial charge in [0.2, 0.25) is 0 Å². The van der Waals surface area contributed by atoms with Crippen LogP contribution in [0.15, 0.2) is 6.20 Å². The number of esters is 1. The molecule has 0 spiro atoms. The van der Waals surface area contributed by atoms with Gasteiger partial charge in [0.1, 0.15) is 6.10 Å². The van der Waals surface area contributed by atoms with E-state index in [0.29, 0.717) is 0 Å². The van der Waals surface area contributed by atoms with Crippen LogP contribution in [0.25, 0.3) is 0 Å². The highest BCUT2D eigenvalue weighted by Gasteiger charge is 2.28. The summed E-state index contributed by atoms with van der Waals surface area (Å²) in [6.07, 6.45) is -2.18. The number of aliphatic hydroxyl groups excluding tert-OH is 2. The molecule has 8 heteroatoms. The maximum absolute atomic E-state index is 11.0. The maximum atomic E-state index is 11.0. The molecular formula is C9H13N3O5. The van der Waals surface area contributed by atoms with E-state index in [2.05, 4.69) is 14.7 Å². The van der Waals surface area contributed by atoms with E-state index in [9.17, 15) is 15.0 Å². The highest BCUT2D eigenvalue weighted by atomic mass is 16.5. The zero-order chi connectivity index (χ0) is 13.0. The topological polar surface area (TPSA) is 128 Å². The van der Waals surface area contributed by atoms with Crippen molar-refractivity contribution in [2.45, 2.75) is 12.2 Å². The molecule has 0 bridgehead atoms. The first-order valence-electron chi connectivity index (χ1n) is 4.61. The van der Waals surface area contributed by atoms with Crippen molar-refractivity contribution in [3.63, 3.8) is 0 Å². The Hall–Kier alpha value is -1.93. The summed E-state index contributed by atoms with van der Waals surface area (Å²) in [4.78, 5) is 18.5. The van der Waals surface area contributed by atoms with Gasteiger partial charge in [-0.25, -0.2) is 14.8 Å². The molecule has 17 heavy (non-hydrogen) atoms. The summed E-state index contributed by atoms with van der Waals surface area (Å²) in [6.45, 7) is 0. The first-order chi connectivity index (χ1) is 8.01. The van der Waals surface area contributed by atoms with Gasteiger partial charge in [0.15, 0.2) is 11.9 Å². The SMILES string of the molecule is COC(=O)C(O)C(O)c1cnc(N)c(OC)n1. The fraction of sp³-hybridized carbons (Fsp3) is 0.444. The van der Waals surface area contributed by atoms with Gasteiger partial charge >= 0.3 is 5.97 Å². The van der Waals surface area contributed by atoms with Gasteiger partial charge < -0.3 is 25.4 Å². The van der Waals surface area contributed by atoms with Crippen molar-refractivity contribution in [3.8, 4) is 5.88 Å². The first kappa shape index (κ1) is 13.1. The molecule has 0 fully saturated rings. The average molecular weight is 243 g/mol. The number of nitrogen functional groups attached to an aromatic ring is 1. The number of aromatic nitrogens is 2. The van der Waals surface area contributed by atoms with Crippen LogP contribution in [0.3, 0.4) is 0 Å². The molecule has 2 unspecified atom stereocenters. The summed E-state index contributed by atoms with van der Waals surface area (Å²) in [7, 11) is 2.42. The minimum absolute atomic E-state index is 0.00128. The van der Waals surface area contributed by atoms with E-state index in [4.69, 9.17) is 10.5 Å². The third kappa shape index (κ3) is 2.80. The number of methoxy groups -OCH3 is 2. The van der Waals surface area contributed by atoms with Crippen LogP contribution in [0.2, 0.25) is 0 Å². The molecule has 0 saturated heterocycles. The van der Waals surface area contributed by atoms with E-state index in [1.54, 1.807) is 0 Å². The third-order valence-corrected chi connectivity index (χ3v) is 2.02. The van der Waals surface area contributed by atoms with Gasteiger partial charge in [0, 0.05) is 0 Å². The lowest BCUT2D eigenvalue weighted by Gasteiger charge is -2.15. The number of ether oxygens (including phenoxy) is 2. The van der Waals surface area contributed by atoms with Crippen LogP contribution in [0.4, 0.5) is 5.82 Å². The van der Waals surface area contributed by atoms with Crippen molar-refractivity contribution >= 4 is 11.8 Å². The van der Waals surface area contributed by atoms with Gasteiger partial charge in [-0.1, -0.05) is 0 Å². The Morgan fingerprint density at radius 3 is 2.65 bits per heavy atom. The van der Waals surface area contributed by atoms with E-state index >= 15 is 0 Å². The van der Waals surface area contributed by atoms with Crippen LogP contribution >= 0.6 is 0 Å². The van der Waals surface area contributed by atoms with E-state index in [0.717, 1.165) is 13.3 Å². The lowest BCUT2D eigenvalue weighted by Crippen LogP contribution is -2.29. The van der Waals surface area contributed by atoms with Crippen LogP contribution in [-0.4, -0.2) is 46.5 Å². The molecule has 1 heterocycles.